The second-order valence-electron chi connectivity index (χ2n) is 7.32. The average Bonchev–Trinajstić information content (AvgIpc) is 3.38. The monoisotopic (exact) mass is 422 g/mol. The Balaban J connectivity index is 0.00000140. The van der Waals surface area contributed by atoms with E-state index in [4.69, 9.17) is 5.73 Å². The Hall–Kier alpha value is -1.82. The lowest BCUT2D eigenvalue weighted by Gasteiger charge is -2.18. The maximum atomic E-state index is 12.9. The number of rotatable bonds is 4. The van der Waals surface area contributed by atoms with Gasteiger partial charge >= 0.3 is 0 Å². The minimum Gasteiger partial charge on any atom is -0.357 e. The van der Waals surface area contributed by atoms with Crippen LogP contribution in [0.15, 0.2) is 48.7 Å². The normalized spacial score (nSPS) is 21.2. The lowest BCUT2D eigenvalue weighted by atomic mass is 9.89. The zero-order valence-electron chi connectivity index (χ0n) is 15.9. The zero-order chi connectivity index (χ0) is 17.9. The summed E-state index contributed by atoms with van der Waals surface area (Å²) in [5.41, 5.74) is 7.93. The van der Waals surface area contributed by atoms with E-state index in [2.05, 4.69) is 22.0 Å². The highest BCUT2D eigenvalue weighted by Crippen LogP contribution is 2.32. The Morgan fingerprint density at radius 2 is 1.75 bits per heavy atom. The molecule has 0 aliphatic carbocycles. The predicted molar refractivity (Wildman–Crippen MR) is 118 cm³/mol. The number of hydrogen-bond donors (Lipinski definition) is 1. The largest absolute Gasteiger partial charge is 0.357 e. The van der Waals surface area contributed by atoms with Gasteiger partial charge in [-0.2, -0.15) is 0 Å². The highest BCUT2D eigenvalue weighted by molar-refractivity contribution is 5.94. The Morgan fingerprint density at radius 3 is 2.36 bits per heavy atom. The molecule has 0 bridgehead atoms. The molecule has 7 heteroatoms. The molecular weight excluding hydrogens is 395 g/mol. The van der Waals surface area contributed by atoms with Gasteiger partial charge in [-0.15, -0.1) is 24.8 Å². The van der Waals surface area contributed by atoms with Gasteiger partial charge < -0.3 is 15.5 Å². The molecule has 152 valence electrons. The number of halogens is 2. The van der Waals surface area contributed by atoms with E-state index in [9.17, 15) is 4.79 Å². The molecule has 28 heavy (non-hydrogen) atoms. The number of amides is 1. The molecule has 1 aromatic heterocycles. The molecule has 0 unspecified atom stereocenters. The summed E-state index contributed by atoms with van der Waals surface area (Å²) in [5, 5.41) is 0. The van der Waals surface area contributed by atoms with Crippen molar-refractivity contribution in [1.29, 1.82) is 0 Å². The van der Waals surface area contributed by atoms with Gasteiger partial charge in [0, 0.05) is 38.3 Å². The molecule has 2 saturated heterocycles. The van der Waals surface area contributed by atoms with Gasteiger partial charge in [-0.25, -0.2) is 4.98 Å². The van der Waals surface area contributed by atoms with E-state index < -0.39 is 0 Å². The quantitative estimate of drug-likeness (QED) is 0.820. The van der Waals surface area contributed by atoms with Crippen LogP contribution in [-0.4, -0.2) is 48.5 Å². The molecule has 2 aliphatic rings. The molecule has 1 aromatic carbocycles. The number of pyridine rings is 1. The van der Waals surface area contributed by atoms with E-state index in [1.54, 1.807) is 6.20 Å². The van der Waals surface area contributed by atoms with Crippen LogP contribution in [0.25, 0.3) is 0 Å². The summed E-state index contributed by atoms with van der Waals surface area (Å²) in [7, 11) is 0. The van der Waals surface area contributed by atoms with Gasteiger partial charge in [-0.05, 0) is 43.0 Å². The van der Waals surface area contributed by atoms with E-state index >= 15 is 0 Å². The van der Waals surface area contributed by atoms with Crippen LogP contribution >= 0.6 is 24.8 Å². The SMILES string of the molecule is Cl.Cl.NC[C@@H]1CN(C(=O)c2ccc(N3CCCC3)nc2)C[C@H]1c1ccccc1. The van der Waals surface area contributed by atoms with Crippen molar-refractivity contribution in [3.63, 3.8) is 0 Å². The van der Waals surface area contributed by atoms with Crippen molar-refractivity contribution < 1.29 is 4.79 Å². The van der Waals surface area contributed by atoms with Crippen molar-refractivity contribution in [3.8, 4) is 0 Å². The fraction of sp³-hybridized carbons (Fsp3) is 0.429. The molecule has 1 amide bonds. The third-order valence-electron chi connectivity index (χ3n) is 5.68. The van der Waals surface area contributed by atoms with Crippen LogP contribution in [0.3, 0.4) is 0 Å². The number of nitrogens with two attached hydrogens (primary N) is 1. The van der Waals surface area contributed by atoms with Crippen molar-refractivity contribution in [2.45, 2.75) is 18.8 Å². The molecule has 2 N–H and O–H groups in total. The van der Waals surface area contributed by atoms with Crippen LogP contribution in [0.5, 0.6) is 0 Å². The van der Waals surface area contributed by atoms with E-state index in [0.717, 1.165) is 25.5 Å². The van der Waals surface area contributed by atoms with Crippen LogP contribution in [0.2, 0.25) is 0 Å². The van der Waals surface area contributed by atoms with Gasteiger partial charge in [-0.1, -0.05) is 30.3 Å². The first kappa shape index (κ1) is 22.5. The lowest BCUT2D eigenvalue weighted by molar-refractivity contribution is 0.0786. The van der Waals surface area contributed by atoms with E-state index in [-0.39, 0.29) is 30.7 Å². The standard InChI is InChI=1S/C21H26N4O.2ClH/c22-12-18-14-25(15-19(18)16-6-2-1-3-7-16)21(26)17-8-9-20(23-13-17)24-10-4-5-11-24;;/h1-3,6-9,13,18-19H,4-5,10-12,14-15,22H2;2*1H/t18-,19+;;/m1../s1. The van der Waals surface area contributed by atoms with Gasteiger partial charge in [0.25, 0.3) is 5.91 Å². The number of benzene rings is 1. The molecule has 2 aromatic rings. The fourth-order valence-corrected chi connectivity index (χ4v) is 4.18. The minimum absolute atomic E-state index is 0. The topological polar surface area (TPSA) is 62.5 Å². The smallest absolute Gasteiger partial charge is 0.255 e. The van der Waals surface area contributed by atoms with E-state index in [1.807, 2.05) is 35.2 Å². The molecule has 4 rings (SSSR count). The molecule has 0 spiro atoms. The van der Waals surface area contributed by atoms with Gasteiger partial charge in [0.15, 0.2) is 0 Å². The van der Waals surface area contributed by atoms with Crippen LogP contribution in [0.4, 0.5) is 5.82 Å². The minimum atomic E-state index is 0. The molecule has 0 radical (unpaired) electrons. The maximum Gasteiger partial charge on any atom is 0.255 e. The zero-order valence-corrected chi connectivity index (χ0v) is 17.5. The predicted octanol–water partition coefficient (Wildman–Crippen LogP) is 3.34. The summed E-state index contributed by atoms with van der Waals surface area (Å²) in [4.78, 5) is 21.7. The fourth-order valence-electron chi connectivity index (χ4n) is 4.18. The van der Waals surface area contributed by atoms with Crippen molar-refractivity contribution in [2.75, 3.05) is 37.6 Å². The van der Waals surface area contributed by atoms with Gasteiger partial charge in [-0.3, -0.25) is 4.79 Å². The number of nitrogens with zero attached hydrogens (tertiary/aromatic N) is 3. The summed E-state index contributed by atoms with van der Waals surface area (Å²) >= 11 is 0. The third kappa shape index (κ3) is 4.59. The van der Waals surface area contributed by atoms with E-state index in [1.165, 1.54) is 18.4 Å². The van der Waals surface area contributed by atoms with Crippen LogP contribution in [0, 0.1) is 5.92 Å². The second-order valence-corrected chi connectivity index (χ2v) is 7.32. The van der Waals surface area contributed by atoms with E-state index in [0.29, 0.717) is 30.5 Å². The summed E-state index contributed by atoms with van der Waals surface area (Å²) in [5.74, 6) is 1.64. The number of aromatic nitrogens is 1. The maximum absolute atomic E-state index is 12.9. The first-order valence-corrected chi connectivity index (χ1v) is 9.51. The first-order valence-electron chi connectivity index (χ1n) is 9.51. The number of carbonyl (C=O) groups is 1. The summed E-state index contributed by atoms with van der Waals surface area (Å²) in [6.07, 6.45) is 4.16. The third-order valence-corrected chi connectivity index (χ3v) is 5.68. The number of likely N-dealkylation sites (tertiary alicyclic amines) is 1. The Kier molecular flexibility index (Phi) is 8.10. The van der Waals surface area contributed by atoms with Crippen LogP contribution < -0.4 is 10.6 Å². The highest BCUT2D eigenvalue weighted by atomic mass is 35.5. The number of carbonyl (C=O) groups excluding carboxylic acids is 1. The van der Waals surface area contributed by atoms with Crippen LogP contribution in [-0.2, 0) is 0 Å². The summed E-state index contributed by atoms with van der Waals surface area (Å²) < 4.78 is 0. The van der Waals surface area contributed by atoms with Crippen molar-refractivity contribution in [2.24, 2.45) is 11.7 Å². The molecule has 2 fully saturated rings. The lowest BCUT2D eigenvalue weighted by Crippen LogP contribution is -2.30. The summed E-state index contributed by atoms with van der Waals surface area (Å²) in [6.45, 7) is 4.14. The number of anilines is 1. The molecular formula is C21H28Cl2N4O. The van der Waals surface area contributed by atoms with Crippen molar-refractivity contribution in [1.82, 2.24) is 9.88 Å². The Morgan fingerprint density at radius 1 is 1.04 bits per heavy atom. The molecule has 0 saturated carbocycles. The van der Waals surface area contributed by atoms with Crippen molar-refractivity contribution in [3.05, 3.63) is 59.8 Å². The van der Waals surface area contributed by atoms with Gasteiger partial charge in [0.05, 0.1) is 5.56 Å². The van der Waals surface area contributed by atoms with Gasteiger partial charge in [0.1, 0.15) is 5.82 Å². The summed E-state index contributed by atoms with van der Waals surface area (Å²) in [6, 6.07) is 14.3. The molecule has 2 aliphatic heterocycles. The average molecular weight is 423 g/mol. The Labute approximate surface area is 179 Å². The van der Waals surface area contributed by atoms with Crippen LogP contribution in [0.1, 0.15) is 34.7 Å². The highest BCUT2D eigenvalue weighted by Gasteiger charge is 2.35. The molecule has 2 atom stereocenters. The second kappa shape index (κ2) is 10.1. The van der Waals surface area contributed by atoms with Crippen molar-refractivity contribution >= 4 is 36.5 Å². The molecule has 3 heterocycles. The Bertz CT molecular complexity index is 751. The van der Waals surface area contributed by atoms with Gasteiger partial charge in [0.2, 0.25) is 0 Å². The number of hydrogen-bond acceptors (Lipinski definition) is 4. The molecule has 5 nitrogen and oxygen atoms in total. The first-order chi connectivity index (χ1) is 12.8.